The smallest absolute Gasteiger partial charge is 0.244 e. The standard InChI is InChI=1S/C18H21N3O2S/c22-24(23,20-11-3-4-12-20)16-9-10-18(19-14-16)21-13-5-7-15-6-1-2-8-17(15)21/h1-2,6,8-10,14H,3-5,7,11-13H2. The first-order valence-corrected chi connectivity index (χ1v) is 9.92. The molecular formula is C18H21N3O2S. The van der Waals surface area contributed by atoms with Gasteiger partial charge in [-0.1, -0.05) is 18.2 Å². The lowest BCUT2D eigenvalue weighted by atomic mass is 10.0. The highest BCUT2D eigenvalue weighted by molar-refractivity contribution is 7.89. The van der Waals surface area contributed by atoms with Crippen molar-refractivity contribution in [2.24, 2.45) is 0 Å². The van der Waals surface area contributed by atoms with Crippen molar-refractivity contribution < 1.29 is 8.42 Å². The van der Waals surface area contributed by atoms with Crippen LogP contribution in [0.3, 0.4) is 0 Å². The van der Waals surface area contributed by atoms with Crippen LogP contribution in [0.2, 0.25) is 0 Å². The Morgan fingerprint density at radius 2 is 1.71 bits per heavy atom. The number of fused-ring (bicyclic) bond motifs is 1. The fourth-order valence-electron chi connectivity index (χ4n) is 3.53. The molecule has 4 rings (SSSR count). The summed E-state index contributed by atoms with van der Waals surface area (Å²) in [7, 11) is -3.39. The van der Waals surface area contributed by atoms with Crippen molar-refractivity contribution in [2.45, 2.75) is 30.6 Å². The Kier molecular flexibility index (Phi) is 4.02. The summed E-state index contributed by atoms with van der Waals surface area (Å²) in [4.78, 5) is 6.92. The van der Waals surface area contributed by atoms with Gasteiger partial charge in [-0.05, 0) is 49.4 Å². The zero-order chi connectivity index (χ0) is 16.6. The fourth-order valence-corrected chi connectivity index (χ4v) is 5.00. The average molecular weight is 343 g/mol. The van der Waals surface area contributed by atoms with Crippen molar-refractivity contribution >= 4 is 21.5 Å². The van der Waals surface area contributed by atoms with Gasteiger partial charge in [0.15, 0.2) is 0 Å². The molecule has 0 aliphatic carbocycles. The van der Waals surface area contributed by atoms with Gasteiger partial charge in [-0.15, -0.1) is 0 Å². The van der Waals surface area contributed by atoms with E-state index in [1.807, 2.05) is 12.1 Å². The molecule has 2 aromatic rings. The molecule has 126 valence electrons. The highest BCUT2D eigenvalue weighted by Gasteiger charge is 2.28. The Morgan fingerprint density at radius 1 is 0.917 bits per heavy atom. The van der Waals surface area contributed by atoms with Gasteiger partial charge in [0.2, 0.25) is 10.0 Å². The fraction of sp³-hybridized carbons (Fsp3) is 0.389. The highest BCUT2D eigenvalue weighted by atomic mass is 32.2. The molecular weight excluding hydrogens is 322 g/mol. The maximum absolute atomic E-state index is 12.6. The topological polar surface area (TPSA) is 53.5 Å². The molecule has 0 N–H and O–H groups in total. The molecule has 0 saturated carbocycles. The maximum Gasteiger partial charge on any atom is 0.244 e. The molecule has 1 saturated heterocycles. The minimum absolute atomic E-state index is 0.290. The van der Waals surface area contributed by atoms with Crippen molar-refractivity contribution in [2.75, 3.05) is 24.5 Å². The van der Waals surface area contributed by atoms with Gasteiger partial charge in [0, 0.05) is 31.5 Å². The third-order valence-corrected chi connectivity index (χ3v) is 6.69. The molecule has 0 atom stereocenters. The van der Waals surface area contributed by atoms with Crippen LogP contribution in [0, 0.1) is 0 Å². The van der Waals surface area contributed by atoms with Gasteiger partial charge in [0.25, 0.3) is 0 Å². The molecule has 0 radical (unpaired) electrons. The van der Waals surface area contributed by atoms with E-state index in [2.05, 4.69) is 28.1 Å². The first-order chi connectivity index (χ1) is 11.7. The van der Waals surface area contributed by atoms with Crippen molar-refractivity contribution in [1.29, 1.82) is 0 Å². The van der Waals surface area contributed by atoms with Crippen LogP contribution >= 0.6 is 0 Å². The van der Waals surface area contributed by atoms with Crippen molar-refractivity contribution in [3.8, 4) is 0 Å². The van der Waals surface area contributed by atoms with Gasteiger partial charge in [-0.2, -0.15) is 4.31 Å². The third-order valence-electron chi connectivity index (χ3n) is 4.81. The summed E-state index contributed by atoms with van der Waals surface area (Å²) in [5, 5.41) is 0. The monoisotopic (exact) mass is 343 g/mol. The SMILES string of the molecule is O=S(=O)(c1ccc(N2CCCc3ccccc32)nc1)N1CCCC1. The minimum Gasteiger partial charge on any atom is -0.326 e. The van der Waals surface area contributed by atoms with Crippen LogP contribution in [0.25, 0.3) is 0 Å². The predicted molar refractivity (Wildman–Crippen MR) is 94.0 cm³/mol. The number of nitrogens with zero attached hydrogens (tertiary/aromatic N) is 3. The Hall–Kier alpha value is -1.92. The number of benzene rings is 1. The van der Waals surface area contributed by atoms with Gasteiger partial charge < -0.3 is 4.90 Å². The molecule has 2 aliphatic heterocycles. The zero-order valence-corrected chi connectivity index (χ0v) is 14.4. The predicted octanol–water partition coefficient (Wildman–Crippen LogP) is 2.95. The number of aromatic nitrogens is 1. The molecule has 0 amide bonds. The second-order valence-corrected chi connectivity index (χ2v) is 8.29. The van der Waals surface area contributed by atoms with E-state index in [9.17, 15) is 8.42 Å². The van der Waals surface area contributed by atoms with E-state index in [1.165, 1.54) is 17.4 Å². The van der Waals surface area contributed by atoms with Crippen LogP contribution < -0.4 is 4.90 Å². The summed E-state index contributed by atoms with van der Waals surface area (Å²) in [5.74, 6) is 0.808. The summed E-state index contributed by atoms with van der Waals surface area (Å²) < 4.78 is 26.7. The van der Waals surface area contributed by atoms with Crippen molar-refractivity contribution in [3.05, 3.63) is 48.2 Å². The molecule has 24 heavy (non-hydrogen) atoms. The summed E-state index contributed by atoms with van der Waals surface area (Å²) >= 11 is 0. The van der Waals surface area contributed by atoms with Crippen molar-refractivity contribution in [3.63, 3.8) is 0 Å². The number of hydrogen-bond acceptors (Lipinski definition) is 4. The first kappa shape index (κ1) is 15.6. The molecule has 1 fully saturated rings. The summed E-state index contributed by atoms with van der Waals surface area (Å²) in [6.45, 7) is 2.13. The molecule has 1 aromatic heterocycles. The Balaban J connectivity index is 1.63. The van der Waals surface area contributed by atoms with Crippen molar-refractivity contribution in [1.82, 2.24) is 9.29 Å². The number of anilines is 2. The second-order valence-electron chi connectivity index (χ2n) is 6.35. The number of pyridine rings is 1. The molecule has 0 unspecified atom stereocenters. The van der Waals surface area contributed by atoms with Crippen LogP contribution in [0.4, 0.5) is 11.5 Å². The van der Waals surface area contributed by atoms with Gasteiger partial charge >= 0.3 is 0 Å². The van der Waals surface area contributed by atoms with Gasteiger partial charge in [0.05, 0.1) is 0 Å². The average Bonchev–Trinajstić information content (AvgIpc) is 3.17. The van der Waals surface area contributed by atoms with E-state index in [4.69, 9.17) is 0 Å². The lowest BCUT2D eigenvalue weighted by molar-refractivity contribution is 0.477. The maximum atomic E-state index is 12.6. The van der Waals surface area contributed by atoms with Crippen LogP contribution in [0.1, 0.15) is 24.8 Å². The van der Waals surface area contributed by atoms with E-state index in [0.29, 0.717) is 18.0 Å². The third kappa shape index (κ3) is 2.70. The van der Waals surface area contributed by atoms with E-state index in [-0.39, 0.29) is 0 Å². The van der Waals surface area contributed by atoms with Crippen LogP contribution in [-0.2, 0) is 16.4 Å². The normalized spacial score (nSPS) is 18.6. The zero-order valence-electron chi connectivity index (χ0n) is 13.6. The number of sulfonamides is 1. The number of rotatable bonds is 3. The Bertz CT molecular complexity index is 828. The van der Waals surface area contributed by atoms with Gasteiger partial charge in [-0.3, -0.25) is 0 Å². The molecule has 2 aliphatic rings. The van der Waals surface area contributed by atoms with E-state index in [1.54, 1.807) is 10.4 Å². The summed E-state index contributed by atoms with van der Waals surface area (Å²) in [5.41, 5.74) is 2.49. The van der Waals surface area contributed by atoms with Crippen LogP contribution in [0.15, 0.2) is 47.5 Å². The van der Waals surface area contributed by atoms with E-state index in [0.717, 1.165) is 38.0 Å². The highest BCUT2D eigenvalue weighted by Crippen LogP contribution is 2.32. The van der Waals surface area contributed by atoms with E-state index >= 15 is 0 Å². The summed E-state index contributed by atoms with van der Waals surface area (Å²) in [6, 6.07) is 11.8. The first-order valence-electron chi connectivity index (χ1n) is 8.48. The number of para-hydroxylation sites is 1. The minimum atomic E-state index is -3.39. The quantitative estimate of drug-likeness (QED) is 0.860. The molecule has 6 heteroatoms. The lowest BCUT2D eigenvalue weighted by Gasteiger charge is -2.30. The van der Waals surface area contributed by atoms with Gasteiger partial charge in [0.1, 0.15) is 10.7 Å². The second kappa shape index (κ2) is 6.18. The molecule has 5 nitrogen and oxygen atoms in total. The van der Waals surface area contributed by atoms with Crippen LogP contribution in [0.5, 0.6) is 0 Å². The van der Waals surface area contributed by atoms with E-state index < -0.39 is 10.0 Å². The van der Waals surface area contributed by atoms with Crippen LogP contribution in [-0.4, -0.2) is 37.3 Å². The number of aryl methyl sites for hydroxylation is 1. The Labute approximate surface area is 143 Å². The summed E-state index contributed by atoms with van der Waals surface area (Å²) in [6.07, 6.45) is 5.53. The number of hydrogen-bond donors (Lipinski definition) is 0. The van der Waals surface area contributed by atoms with Gasteiger partial charge in [-0.25, -0.2) is 13.4 Å². The largest absolute Gasteiger partial charge is 0.326 e. The molecule has 0 bridgehead atoms. The molecule has 0 spiro atoms. The Morgan fingerprint density at radius 3 is 2.46 bits per heavy atom. The molecule has 1 aromatic carbocycles. The lowest BCUT2D eigenvalue weighted by Crippen LogP contribution is -2.28. The molecule has 3 heterocycles.